The molecular formula is C16H15N3OS. The zero-order valence-corrected chi connectivity index (χ0v) is 12.3. The van der Waals surface area contributed by atoms with Gasteiger partial charge in [-0.1, -0.05) is 0 Å². The molecule has 5 heteroatoms. The van der Waals surface area contributed by atoms with E-state index in [0.717, 1.165) is 29.4 Å². The molecule has 1 aliphatic rings. The minimum absolute atomic E-state index is 0.111. The van der Waals surface area contributed by atoms with Crippen molar-refractivity contribution < 1.29 is 4.79 Å². The molecule has 0 unspecified atom stereocenters. The molecule has 0 spiro atoms. The average molecular weight is 297 g/mol. The number of aromatic nitrogens is 2. The van der Waals surface area contributed by atoms with Gasteiger partial charge in [-0.3, -0.25) is 4.79 Å². The Labute approximate surface area is 126 Å². The summed E-state index contributed by atoms with van der Waals surface area (Å²) in [4.78, 5) is 22.1. The van der Waals surface area contributed by atoms with E-state index < -0.39 is 0 Å². The monoisotopic (exact) mass is 297 g/mol. The minimum atomic E-state index is 0.111. The maximum absolute atomic E-state index is 12.8. The maximum atomic E-state index is 12.8. The van der Waals surface area contributed by atoms with Gasteiger partial charge in [0.05, 0.1) is 17.4 Å². The molecule has 2 heterocycles. The average Bonchev–Trinajstić information content (AvgIpc) is 3.02. The van der Waals surface area contributed by atoms with Crippen LogP contribution < -0.4 is 0 Å². The molecule has 2 aromatic heterocycles. The molecule has 0 bridgehead atoms. The van der Waals surface area contributed by atoms with Gasteiger partial charge in [0.1, 0.15) is 0 Å². The summed E-state index contributed by atoms with van der Waals surface area (Å²) in [5.41, 5.74) is 3.74. The Hall–Kier alpha value is -2.14. The largest absolute Gasteiger partial charge is 0.345 e. The second kappa shape index (κ2) is 5.00. The fraction of sp³-hybridized carbons (Fsp3) is 0.250. The molecule has 1 amide bonds. The van der Waals surface area contributed by atoms with E-state index in [1.807, 2.05) is 23.1 Å². The summed E-state index contributed by atoms with van der Waals surface area (Å²) in [6.07, 6.45) is 3.88. The number of thiophene rings is 1. The summed E-state index contributed by atoms with van der Waals surface area (Å²) in [6, 6.07) is 8.15. The first-order chi connectivity index (χ1) is 10.3. The van der Waals surface area contributed by atoms with Gasteiger partial charge in [0.2, 0.25) is 0 Å². The van der Waals surface area contributed by atoms with Crippen LogP contribution in [0.15, 0.2) is 41.4 Å². The number of nitrogens with one attached hydrogen (secondary N) is 1. The highest BCUT2D eigenvalue weighted by Gasteiger charge is 2.33. The predicted molar refractivity (Wildman–Crippen MR) is 83.3 cm³/mol. The summed E-state index contributed by atoms with van der Waals surface area (Å²) in [5.74, 6) is 0.111. The normalized spacial score (nSPS) is 14.5. The Morgan fingerprint density at radius 1 is 1.38 bits per heavy atom. The Balaban J connectivity index is 1.63. The molecule has 0 radical (unpaired) electrons. The first kappa shape index (κ1) is 12.6. The van der Waals surface area contributed by atoms with Gasteiger partial charge in [-0.2, -0.15) is 11.3 Å². The summed E-state index contributed by atoms with van der Waals surface area (Å²) in [5, 5.41) is 4.17. The van der Waals surface area contributed by atoms with Crippen LogP contribution in [0.25, 0.3) is 11.0 Å². The number of carbonyl (C=O) groups is 1. The van der Waals surface area contributed by atoms with E-state index in [9.17, 15) is 4.79 Å². The number of hydrogen-bond donors (Lipinski definition) is 1. The van der Waals surface area contributed by atoms with Crippen LogP contribution in [-0.4, -0.2) is 26.8 Å². The molecular weight excluding hydrogens is 282 g/mol. The molecule has 21 heavy (non-hydrogen) atoms. The van der Waals surface area contributed by atoms with Crippen molar-refractivity contribution >= 4 is 28.3 Å². The van der Waals surface area contributed by atoms with Crippen LogP contribution >= 0.6 is 11.3 Å². The summed E-state index contributed by atoms with van der Waals surface area (Å²) < 4.78 is 0. The lowest BCUT2D eigenvalue weighted by molar-refractivity contribution is 0.0730. The Morgan fingerprint density at radius 3 is 3.05 bits per heavy atom. The van der Waals surface area contributed by atoms with E-state index in [1.54, 1.807) is 17.7 Å². The van der Waals surface area contributed by atoms with Crippen LogP contribution in [0, 0.1) is 0 Å². The van der Waals surface area contributed by atoms with Crippen molar-refractivity contribution in [1.82, 2.24) is 14.9 Å². The number of benzene rings is 1. The van der Waals surface area contributed by atoms with Crippen molar-refractivity contribution in [3.05, 3.63) is 52.5 Å². The molecule has 4 nitrogen and oxygen atoms in total. The standard InChI is InChI=1S/C16H15N3OS/c20-16(12-1-4-14-15(7-12)18-10-17-14)19(13-2-3-13)8-11-5-6-21-9-11/h1,4-7,9-10,13H,2-3,8H2,(H,17,18). The van der Waals surface area contributed by atoms with Gasteiger partial charge < -0.3 is 9.88 Å². The highest BCUT2D eigenvalue weighted by Crippen LogP contribution is 2.30. The van der Waals surface area contributed by atoms with Crippen LogP contribution in [-0.2, 0) is 6.54 Å². The number of carbonyl (C=O) groups excluding carboxylic acids is 1. The van der Waals surface area contributed by atoms with Gasteiger partial charge in [0.25, 0.3) is 5.91 Å². The van der Waals surface area contributed by atoms with Crippen LogP contribution in [0.2, 0.25) is 0 Å². The van der Waals surface area contributed by atoms with Crippen LogP contribution in [0.3, 0.4) is 0 Å². The fourth-order valence-electron chi connectivity index (χ4n) is 2.57. The van der Waals surface area contributed by atoms with Gasteiger partial charge in [0, 0.05) is 18.2 Å². The third-order valence-electron chi connectivity index (χ3n) is 3.85. The van der Waals surface area contributed by atoms with Gasteiger partial charge >= 0.3 is 0 Å². The minimum Gasteiger partial charge on any atom is -0.345 e. The zero-order chi connectivity index (χ0) is 14.2. The van der Waals surface area contributed by atoms with Crippen LogP contribution in [0.5, 0.6) is 0 Å². The number of amides is 1. The lowest BCUT2D eigenvalue weighted by Crippen LogP contribution is -2.32. The lowest BCUT2D eigenvalue weighted by atomic mass is 10.1. The molecule has 1 aromatic carbocycles. The first-order valence-electron chi connectivity index (χ1n) is 7.06. The smallest absolute Gasteiger partial charge is 0.254 e. The Morgan fingerprint density at radius 2 is 2.29 bits per heavy atom. The summed E-state index contributed by atoms with van der Waals surface area (Å²) in [7, 11) is 0. The summed E-state index contributed by atoms with van der Waals surface area (Å²) in [6.45, 7) is 0.702. The molecule has 0 saturated heterocycles. The van der Waals surface area contributed by atoms with E-state index >= 15 is 0 Å². The molecule has 106 valence electrons. The van der Waals surface area contributed by atoms with Crippen molar-refractivity contribution in [1.29, 1.82) is 0 Å². The molecule has 1 fully saturated rings. The van der Waals surface area contributed by atoms with Gasteiger partial charge in [-0.05, 0) is 53.4 Å². The molecule has 4 rings (SSSR count). The van der Waals surface area contributed by atoms with E-state index in [1.165, 1.54) is 5.56 Å². The molecule has 0 atom stereocenters. The maximum Gasteiger partial charge on any atom is 0.254 e. The van der Waals surface area contributed by atoms with Gasteiger partial charge in [0.15, 0.2) is 0 Å². The molecule has 3 aromatic rings. The lowest BCUT2D eigenvalue weighted by Gasteiger charge is -2.22. The second-order valence-corrected chi connectivity index (χ2v) is 6.21. The van der Waals surface area contributed by atoms with E-state index in [-0.39, 0.29) is 5.91 Å². The van der Waals surface area contributed by atoms with Gasteiger partial charge in [-0.25, -0.2) is 4.98 Å². The highest BCUT2D eigenvalue weighted by molar-refractivity contribution is 7.07. The predicted octanol–water partition coefficient (Wildman–Crippen LogP) is 3.43. The number of rotatable bonds is 4. The van der Waals surface area contributed by atoms with E-state index in [2.05, 4.69) is 26.8 Å². The first-order valence-corrected chi connectivity index (χ1v) is 8.01. The molecule has 0 aliphatic heterocycles. The molecule has 1 aliphatic carbocycles. The Bertz CT molecular complexity index is 774. The number of H-pyrrole nitrogens is 1. The number of nitrogens with zero attached hydrogens (tertiary/aromatic N) is 2. The number of fused-ring (bicyclic) bond motifs is 1. The second-order valence-electron chi connectivity index (χ2n) is 5.43. The third kappa shape index (κ3) is 2.45. The van der Waals surface area contributed by atoms with Crippen molar-refractivity contribution in [2.24, 2.45) is 0 Å². The zero-order valence-electron chi connectivity index (χ0n) is 11.5. The molecule has 1 N–H and O–H groups in total. The number of hydrogen-bond acceptors (Lipinski definition) is 3. The SMILES string of the molecule is O=C(c1ccc2nc[nH]c2c1)N(Cc1ccsc1)C1CC1. The van der Waals surface area contributed by atoms with E-state index in [4.69, 9.17) is 0 Å². The van der Waals surface area contributed by atoms with Crippen molar-refractivity contribution in [2.45, 2.75) is 25.4 Å². The van der Waals surface area contributed by atoms with Crippen molar-refractivity contribution in [3.8, 4) is 0 Å². The highest BCUT2D eigenvalue weighted by atomic mass is 32.1. The third-order valence-corrected chi connectivity index (χ3v) is 4.58. The van der Waals surface area contributed by atoms with Crippen molar-refractivity contribution in [3.63, 3.8) is 0 Å². The molecule has 1 saturated carbocycles. The fourth-order valence-corrected chi connectivity index (χ4v) is 3.23. The van der Waals surface area contributed by atoms with Gasteiger partial charge in [-0.15, -0.1) is 0 Å². The van der Waals surface area contributed by atoms with E-state index in [0.29, 0.717) is 12.6 Å². The quantitative estimate of drug-likeness (QED) is 0.802. The topological polar surface area (TPSA) is 49.0 Å². The van der Waals surface area contributed by atoms with Crippen LogP contribution in [0.1, 0.15) is 28.8 Å². The number of aromatic amines is 1. The van der Waals surface area contributed by atoms with Crippen molar-refractivity contribution in [2.75, 3.05) is 0 Å². The number of imidazole rings is 1. The van der Waals surface area contributed by atoms with Crippen LogP contribution in [0.4, 0.5) is 0 Å². The summed E-state index contributed by atoms with van der Waals surface area (Å²) >= 11 is 1.67. The Kier molecular flexibility index (Phi) is 3.00.